The summed E-state index contributed by atoms with van der Waals surface area (Å²) < 4.78 is 11.1. The molecular weight excluding hydrogens is 350 g/mol. The van der Waals surface area contributed by atoms with Crippen molar-refractivity contribution in [3.8, 4) is 5.75 Å². The van der Waals surface area contributed by atoms with Gasteiger partial charge in [-0.05, 0) is 35.7 Å². The Morgan fingerprint density at radius 2 is 1.57 bits per heavy atom. The highest BCUT2D eigenvalue weighted by Crippen LogP contribution is 2.29. The topological polar surface area (TPSA) is 49.7 Å². The third-order valence-corrected chi connectivity index (χ3v) is 4.67. The Hall–Kier alpha value is -3.66. The van der Waals surface area contributed by atoms with Gasteiger partial charge in [0.05, 0.1) is 18.1 Å². The normalized spacial score (nSPS) is 11.8. The molecule has 28 heavy (non-hydrogen) atoms. The number of nitrogens with one attached hydrogen (secondary N) is 1. The molecule has 3 aromatic carbocycles. The minimum Gasteiger partial charge on any atom is -0.497 e. The third kappa shape index (κ3) is 3.58. The number of pyridine rings is 1. The first-order valence-corrected chi connectivity index (χ1v) is 9.05. The Balaban J connectivity index is 1.75. The lowest BCUT2D eigenvalue weighted by Crippen LogP contribution is -2.21. The van der Waals surface area contributed by atoms with Crippen molar-refractivity contribution in [1.29, 1.82) is 0 Å². The smallest absolute Gasteiger partial charge is 0.339 e. The van der Waals surface area contributed by atoms with E-state index in [1.54, 1.807) is 31.4 Å². The van der Waals surface area contributed by atoms with Gasteiger partial charge >= 0.3 is 5.97 Å². The van der Waals surface area contributed by atoms with E-state index >= 15 is 0 Å². The van der Waals surface area contributed by atoms with Crippen LogP contribution < -0.4 is 9.72 Å². The number of benzene rings is 3. The molecular formula is C24H20NO3+. The fourth-order valence-electron chi connectivity index (χ4n) is 3.23. The number of esters is 1. The van der Waals surface area contributed by atoms with Crippen molar-refractivity contribution >= 4 is 16.7 Å². The van der Waals surface area contributed by atoms with Gasteiger partial charge in [-0.15, -0.1) is 0 Å². The van der Waals surface area contributed by atoms with Gasteiger partial charge in [-0.3, -0.25) is 0 Å². The van der Waals surface area contributed by atoms with Crippen LogP contribution in [0.1, 0.15) is 27.7 Å². The van der Waals surface area contributed by atoms with E-state index < -0.39 is 12.1 Å². The first-order valence-electron chi connectivity index (χ1n) is 9.05. The van der Waals surface area contributed by atoms with Crippen LogP contribution in [0.15, 0.2) is 91.1 Å². The standard InChI is InChI=1S/C24H19NO3/c1-27-20-13-11-19(12-14-20)24(26)28-23(18-8-3-2-4-9-18)22-21-10-6-5-7-17(21)15-16-25-22/h2-16,23H,1H3/p+1. The van der Waals surface area contributed by atoms with Crippen LogP contribution >= 0.6 is 0 Å². The van der Waals surface area contributed by atoms with Crippen molar-refractivity contribution in [2.75, 3.05) is 7.11 Å². The second-order valence-electron chi connectivity index (χ2n) is 6.40. The minimum absolute atomic E-state index is 0.391. The Labute approximate surface area is 163 Å². The number of H-pyrrole nitrogens is 1. The summed E-state index contributed by atoms with van der Waals surface area (Å²) in [5.41, 5.74) is 2.21. The molecule has 0 saturated carbocycles. The minimum atomic E-state index is -0.554. The molecule has 138 valence electrons. The second kappa shape index (κ2) is 7.92. The zero-order valence-electron chi connectivity index (χ0n) is 15.5. The van der Waals surface area contributed by atoms with E-state index in [4.69, 9.17) is 9.47 Å². The molecule has 0 aliphatic heterocycles. The SMILES string of the molecule is COc1ccc(C(=O)OC(c2ccccc2)c2[nH+]ccc3ccccc23)cc1. The number of carbonyl (C=O) groups is 1. The summed E-state index contributed by atoms with van der Waals surface area (Å²) in [6.07, 6.45) is 1.32. The van der Waals surface area contributed by atoms with Gasteiger partial charge in [0.25, 0.3) is 0 Å². The van der Waals surface area contributed by atoms with Crippen LogP contribution in [0.5, 0.6) is 5.75 Å². The second-order valence-corrected chi connectivity index (χ2v) is 6.40. The van der Waals surface area contributed by atoms with Crippen molar-refractivity contribution in [3.63, 3.8) is 0 Å². The van der Waals surface area contributed by atoms with Crippen molar-refractivity contribution in [2.45, 2.75) is 6.10 Å². The molecule has 1 heterocycles. The molecule has 0 aliphatic carbocycles. The highest BCUT2D eigenvalue weighted by Gasteiger charge is 2.27. The molecule has 1 aromatic heterocycles. The maximum Gasteiger partial charge on any atom is 0.339 e. The van der Waals surface area contributed by atoms with E-state index in [0.717, 1.165) is 22.0 Å². The maximum atomic E-state index is 12.9. The molecule has 4 rings (SSSR count). The molecule has 0 fully saturated rings. The van der Waals surface area contributed by atoms with Gasteiger partial charge in [0, 0.05) is 11.6 Å². The molecule has 1 atom stereocenters. The quantitative estimate of drug-likeness (QED) is 0.482. The largest absolute Gasteiger partial charge is 0.497 e. The van der Waals surface area contributed by atoms with Crippen LogP contribution in [-0.2, 0) is 4.74 Å². The average molecular weight is 370 g/mol. The van der Waals surface area contributed by atoms with Crippen LogP contribution in [0.4, 0.5) is 0 Å². The number of ether oxygens (including phenoxy) is 2. The lowest BCUT2D eigenvalue weighted by molar-refractivity contribution is -0.395. The highest BCUT2D eigenvalue weighted by atomic mass is 16.5. The van der Waals surface area contributed by atoms with Gasteiger partial charge in [-0.25, -0.2) is 9.78 Å². The van der Waals surface area contributed by atoms with E-state index in [1.807, 2.05) is 66.9 Å². The lowest BCUT2D eigenvalue weighted by atomic mass is 10.0. The van der Waals surface area contributed by atoms with E-state index in [2.05, 4.69) is 4.98 Å². The fourth-order valence-corrected chi connectivity index (χ4v) is 3.23. The summed E-state index contributed by atoms with van der Waals surface area (Å²) >= 11 is 0. The zero-order valence-corrected chi connectivity index (χ0v) is 15.5. The predicted molar refractivity (Wildman–Crippen MR) is 107 cm³/mol. The third-order valence-electron chi connectivity index (χ3n) is 4.67. The Morgan fingerprint density at radius 3 is 2.32 bits per heavy atom. The molecule has 0 bridgehead atoms. The van der Waals surface area contributed by atoms with Crippen LogP contribution in [0.25, 0.3) is 10.8 Å². The first-order chi connectivity index (χ1) is 13.8. The summed E-state index contributed by atoms with van der Waals surface area (Å²) in [6.45, 7) is 0. The van der Waals surface area contributed by atoms with Gasteiger partial charge in [0.1, 0.15) is 5.75 Å². The van der Waals surface area contributed by atoms with Gasteiger partial charge in [-0.2, -0.15) is 0 Å². The van der Waals surface area contributed by atoms with Gasteiger partial charge in [0.15, 0.2) is 6.20 Å². The molecule has 4 nitrogen and oxygen atoms in total. The fraction of sp³-hybridized carbons (Fsp3) is 0.0833. The number of fused-ring (bicyclic) bond motifs is 1. The zero-order chi connectivity index (χ0) is 19.3. The molecule has 1 N–H and O–H groups in total. The predicted octanol–water partition coefficient (Wildman–Crippen LogP) is 4.61. The summed E-state index contributed by atoms with van der Waals surface area (Å²) in [6, 6.07) is 26.7. The van der Waals surface area contributed by atoms with Gasteiger partial charge in [-0.1, -0.05) is 48.5 Å². The first kappa shape index (κ1) is 17.7. The van der Waals surface area contributed by atoms with Crippen molar-refractivity contribution < 1.29 is 19.3 Å². The molecule has 4 aromatic rings. The monoisotopic (exact) mass is 370 g/mol. The van der Waals surface area contributed by atoms with E-state index in [0.29, 0.717) is 11.3 Å². The Bertz CT molecular complexity index is 1090. The van der Waals surface area contributed by atoms with Crippen LogP contribution in [0.3, 0.4) is 0 Å². The number of rotatable bonds is 5. The molecule has 0 aliphatic rings. The number of carbonyl (C=O) groups excluding carboxylic acids is 1. The van der Waals surface area contributed by atoms with Gasteiger partial charge in [0.2, 0.25) is 11.8 Å². The number of aromatic nitrogens is 1. The Kier molecular flexibility index (Phi) is 5.02. The Morgan fingerprint density at radius 1 is 0.857 bits per heavy atom. The van der Waals surface area contributed by atoms with E-state index in [9.17, 15) is 4.79 Å². The number of hydrogen-bond donors (Lipinski definition) is 0. The molecule has 0 radical (unpaired) electrons. The lowest BCUT2D eigenvalue weighted by Gasteiger charge is -2.16. The molecule has 4 heteroatoms. The molecule has 0 spiro atoms. The van der Waals surface area contributed by atoms with Gasteiger partial charge < -0.3 is 9.47 Å². The summed E-state index contributed by atoms with van der Waals surface area (Å²) in [5, 5.41) is 2.10. The summed E-state index contributed by atoms with van der Waals surface area (Å²) in [5.74, 6) is 0.302. The van der Waals surface area contributed by atoms with Crippen molar-refractivity contribution in [2.24, 2.45) is 0 Å². The van der Waals surface area contributed by atoms with Crippen molar-refractivity contribution in [3.05, 3.63) is 108 Å². The number of methoxy groups -OCH3 is 1. The van der Waals surface area contributed by atoms with Crippen LogP contribution in [-0.4, -0.2) is 13.1 Å². The summed E-state index contributed by atoms with van der Waals surface area (Å²) in [7, 11) is 1.59. The number of aromatic amines is 1. The molecule has 0 amide bonds. The van der Waals surface area contributed by atoms with E-state index in [1.165, 1.54) is 0 Å². The average Bonchev–Trinajstić information content (AvgIpc) is 2.77. The molecule has 0 saturated heterocycles. The number of hydrogen-bond acceptors (Lipinski definition) is 3. The summed E-state index contributed by atoms with van der Waals surface area (Å²) in [4.78, 5) is 16.1. The molecule has 1 unspecified atom stereocenters. The maximum absolute atomic E-state index is 12.9. The van der Waals surface area contributed by atoms with Crippen LogP contribution in [0, 0.1) is 0 Å². The van der Waals surface area contributed by atoms with Crippen molar-refractivity contribution in [1.82, 2.24) is 0 Å². The van der Waals surface area contributed by atoms with Crippen LogP contribution in [0.2, 0.25) is 0 Å². The van der Waals surface area contributed by atoms with E-state index in [-0.39, 0.29) is 0 Å². The highest BCUT2D eigenvalue weighted by molar-refractivity contribution is 5.90.